The molecule has 4 atom stereocenters. The molecule has 2 N–H and O–H groups in total. The van der Waals surface area contributed by atoms with E-state index in [-0.39, 0.29) is 42.0 Å². The number of rotatable bonds is 3. The summed E-state index contributed by atoms with van der Waals surface area (Å²) < 4.78 is 13.3. The molecule has 2 saturated heterocycles. The maximum absolute atomic E-state index is 13.6. The van der Waals surface area contributed by atoms with Crippen LogP contribution in [-0.4, -0.2) is 28.7 Å². The third kappa shape index (κ3) is 2.41. The molecule has 1 spiro atoms. The van der Waals surface area contributed by atoms with E-state index >= 15 is 0 Å². The molecule has 30 heavy (non-hydrogen) atoms. The Morgan fingerprint density at radius 1 is 1.03 bits per heavy atom. The second kappa shape index (κ2) is 6.47. The summed E-state index contributed by atoms with van der Waals surface area (Å²) >= 11 is 0. The second-order valence-corrected chi connectivity index (χ2v) is 8.61. The molecule has 0 aliphatic carbocycles. The Balaban J connectivity index is 1.59. The van der Waals surface area contributed by atoms with Crippen molar-refractivity contribution in [2.45, 2.75) is 32.0 Å². The maximum Gasteiger partial charge on any atom is 0.250 e. The Morgan fingerprint density at radius 2 is 1.73 bits per heavy atom. The van der Waals surface area contributed by atoms with Gasteiger partial charge in [0.1, 0.15) is 11.4 Å². The van der Waals surface area contributed by atoms with Crippen LogP contribution in [0.15, 0.2) is 48.5 Å². The smallest absolute Gasteiger partial charge is 0.250 e. The molecule has 0 bridgehead atoms. The number of hydrogen-bond acceptors (Lipinski definition) is 4. The molecule has 3 amide bonds. The van der Waals surface area contributed by atoms with Crippen molar-refractivity contribution in [1.82, 2.24) is 10.2 Å². The monoisotopic (exact) mass is 407 g/mol. The Kier molecular flexibility index (Phi) is 4.08. The van der Waals surface area contributed by atoms with Crippen molar-refractivity contribution < 1.29 is 18.8 Å². The normalized spacial score (nSPS) is 29.7. The predicted molar refractivity (Wildman–Crippen MR) is 107 cm³/mol. The molecular formula is C23H22FN3O3. The van der Waals surface area contributed by atoms with Crippen molar-refractivity contribution in [2.75, 3.05) is 5.32 Å². The molecule has 3 aliphatic heterocycles. The molecule has 154 valence electrons. The van der Waals surface area contributed by atoms with Gasteiger partial charge in [0, 0.05) is 17.3 Å². The number of likely N-dealkylation sites (tertiary alicyclic amines) is 1. The molecule has 0 aromatic heterocycles. The quantitative estimate of drug-likeness (QED) is 0.766. The van der Waals surface area contributed by atoms with Crippen molar-refractivity contribution in [3.05, 3.63) is 65.5 Å². The lowest BCUT2D eigenvalue weighted by atomic mass is 9.76. The van der Waals surface area contributed by atoms with E-state index in [9.17, 15) is 18.8 Å². The van der Waals surface area contributed by atoms with Crippen LogP contribution in [0.1, 0.15) is 25.0 Å². The number of hydrogen-bond donors (Lipinski definition) is 2. The average Bonchev–Trinajstić information content (AvgIpc) is 3.31. The Labute approximate surface area is 173 Å². The zero-order valence-corrected chi connectivity index (χ0v) is 16.7. The third-order valence-electron chi connectivity index (χ3n) is 6.62. The van der Waals surface area contributed by atoms with E-state index in [1.807, 2.05) is 32.0 Å². The fraction of sp³-hybridized carbons (Fsp3) is 0.348. The van der Waals surface area contributed by atoms with Gasteiger partial charge in [0.05, 0.1) is 18.4 Å². The molecule has 2 aromatic carbocycles. The second-order valence-electron chi connectivity index (χ2n) is 8.61. The number of fused-ring (bicyclic) bond motifs is 4. The topological polar surface area (TPSA) is 78.5 Å². The summed E-state index contributed by atoms with van der Waals surface area (Å²) in [5, 5.41) is 6.28. The van der Waals surface area contributed by atoms with Crippen molar-refractivity contribution in [3.63, 3.8) is 0 Å². The van der Waals surface area contributed by atoms with E-state index in [0.717, 1.165) is 0 Å². The van der Waals surface area contributed by atoms with Gasteiger partial charge in [-0.05, 0) is 29.7 Å². The van der Waals surface area contributed by atoms with E-state index in [1.54, 1.807) is 18.2 Å². The Bertz CT molecular complexity index is 1070. The van der Waals surface area contributed by atoms with E-state index in [1.165, 1.54) is 17.0 Å². The van der Waals surface area contributed by atoms with Crippen LogP contribution in [0.2, 0.25) is 0 Å². The minimum Gasteiger partial charge on any atom is -0.324 e. The SMILES string of the molecule is CC(C)[C@H]1N[C@]2(C(=O)Nc3ccccc32)[C@@H]2C(=O)N(Cc3ccc(F)cc3)C(=O)[C@H]12. The molecular weight excluding hydrogens is 385 g/mol. The van der Waals surface area contributed by atoms with Gasteiger partial charge in [-0.25, -0.2) is 4.39 Å². The van der Waals surface area contributed by atoms with Crippen LogP contribution in [0.4, 0.5) is 10.1 Å². The van der Waals surface area contributed by atoms with Gasteiger partial charge in [0.2, 0.25) is 17.7 Å². The van der Waals surface area contributed by atoms with Gasteiger partial charge in [-0.15, -0.1) is 0 Å². The highest BCUT2D eigenvalue weighted by Crippen LogP contribution is 2.53. The summed E-state index contributed by atoms with van der Waals surface area (Å²) in [6, 6.07) is 12.7. The molecule has 7 heteroatoms. The van der Waals surface area contributed by atoms with Gasteiger partial charge in [0.25, 0.3) is 0 Å². The van der Waals surface area contributed by atoms with Crippen molar-refractivity contribution in [3.8, 4) is 0 Å². The molecule has 5 rings (SSSR count). The van der Waals surface area contributed by atoms with Gasteiger partial charge in [-0.1, -0.05) is 44.2 Å². The number of nitrogens with zero attached hydrogens (tertiary/aromatic N) is 1. The van der Waals surface area contributed by atoms with Crippen molar-refractivity contribution in [2.24, 2.45) is 17.8 Å². The van der Waals surface area contributed by atoms with E-state index in [0.29, 0.717) is 16.8 Å². The molecule has 2 aromatic rings. The Morgan fingerprint density at radius 3 is 2.43 bits per heavy atom. The van der Waals surface area contributed by atoms with Crippen molar-refractivity contribution in [1.29, 1.82) is 0 Å². The highest BCUT2D eigenvalue weighted by Gasteiger charge is 2.70. The molecule has 6 nitrogen and oxygen atoms in total. The number of carbonyl (C=O) groups excluding carboxylic acids is 3. The molecule has 0 unspecified atom stereocenters. The molecule has 3 heterocycles. The first kappa shape index (κ1) is 18.9. The highest BCUT2D eigenvalue weighted by molar-refractivity contribution is 6.15. The summed E-state index contributed by atoms with van der Waals surface area (Å²) in [5.41, 5.74) is 0.770. The number of imide groups is 1. The minimum atomic E-state index is -1.26. The molecule has 3 aliphatic rings. The average molecular weight is 407 g/mol. The van der Waals surface area contributed by atoms with Gasteiger partial charge < -0.3 is 5.32 Å². The Hall–Kier alpha value is -3.06. The number of halogens is 1. The number of benzene rings is 2. The largest absolute Gasteiger partial charge is 0.324 e. The summed E-state index contributed by atoms with van der Waals surface area (Å²) in [6.45, 7) is 4.02. The summed E-state index contributed by atoms with van der Waals surface area (Å²) in [4.78, 5) is 41.4. The maximum atomic E-state index is 13.6. The number of carbonyl (C=O) groups is 3. The zero-order chi connectivity index (χ0) is 21.2. The third-order valence-corrected chi connectivity index (χ3v) is 6.62. The van der Waals surface area contributed by atoms with Gasteiger partial charge in [-0.3, -0.25) is 24.6 Å². The van der Waals surface area contributed by atoms with E-state index in [4.69, 9.17) is 0 Å². The predicted octanol–water partition coefficient (Wildman–Crippen LogP) is 2.40. The van der Waals surface area contributed by atoms with Crippen LogP contribution in [0.3, 0.4) is 0 Å². The van der Waals surface area contributed by atoms with Gasteiger partial charge in [-0.2, -0.15) is 0 Å². The van der Waals surface area contributed by atoms with Crippen molar-refractivity contribution >= 4 is 23.4 Å². The lowest BCUT2D eigenvalue weighted by molar-refractivity contribution is -0.143. The summed E-state index contributed by atoms with van der Waals surface area (Å²) in [6.07, 6.45) is 0. The van der Waals surface area contributed by atoms with Gasteiger partial charge in [0.15, 0.2) is 0 Å². The van der Waals surface area contributed by atoms with Crippen LogP contribution in [0.5, 0.6) is 0 Å². The van der Waals surface area contributed by atoms with Gasteiger partial charge >= 0.3 is 0 Å². The molecule has 0 radical (unpaired) electrons. The number of amides is 3. The first-order valence-electron chi connectivity index (χ1n) is 10.1. The zero-order valence-electron chi connectivity index (χ0n) is 16.7. The minimum absolute atomic E-state index is 0.0416. The first-order valence-corrected chi connectivity index (χ1v) is 10.1. The fourth-order valence-electron chi connectivity index (χ4n) is 5.25. The van der Waals surface area contributed by atoms with Crippen LogP contribution in [0, 0.1) is 23.6 Å². The van der Waals surface area contributed by atoms with E-state index < -0.39 is 17.4 Å². The van der Waals surface area contributed by atoms with Crippen LogP contribution < -0.4 is 10.6 Å². The number of anilines is 1. The van der Waals surface area contributed by atoms with Crippen LogP contribution in [-0.2, 0) is 26.5 Å². The number of nitrogens with one attached hydrogen (secondary N) is 2. The summed E-state index contributed by atoms with van der Waals surface area (Å²) in [7, 11) is 0. The number of para-hydroxylation sites is 1. The molecule has 0 saturated carbocycles. The lowest BCUT2D eigenvalue weighted by Crippen LogP contribution is -2.53. The molecule has 2 fully saturated rings. The lowest BCUT2D eigenvalue weighted by Gasteiger charge is -2.30. The van der Waals surface area contributed by atoms with Crippen LogP contribution >= 0.6 is 0 Å². The van der Waals surface area contributed by atoms with E-state index in [2.05, 4.69) is 10.6 Å². The standard InChI is InChI=1S/C23H22FN3O3/c1-12(2)19-17-18(23(26-19)15-5-3-4-6-16(15)25-22(23)30)21(29)27(20(17)28)11-13-7-9-14(24)10-8-13/h3-10,12,17-19,26H,11H2,1-2H3,(H,25,30)/t17-,18-,19+,23-/m0/s1. The first-order chi connectivity index (χ1) is 14.3. The highest BCUT2D eigenvalue weighted by atomic mass is 19.1. The fourth-order valence-corrected chi connectivity index (χ4v) is 5.25. The van der Waals surface area contributed by atoms with Crippen LogP contribution in [0.25, 0.3) is 0 Å². The summed E-state index contributed by atoms with van der Waals surface area (Å²) in [5.74, 6) is -2.73.